The van der Waals surface area contributed by atoms with Crippen LogP contribution in [0.2, 0.25) is 0 Å². The molecule has 2 fully saturated rings. The second-order valence-corrected chi connectivity index (χ2v) is 11.2. The molecular formula is C25H28N4O3S2. The first kappa shape index (κ1) is 23.1. The van der Waals surface area contributed by atoms with Gasteiger partial charge >= 0.3 is 0 Å². The SMILES string of the molecule is O=C(C[C@H]1SC(N2CCCCC2)=NC1=O)Nc1cccc(C(=O)N(Cc2cccs2)C2CC2)c1. The number of benzene rings is 1. The summed E-state index contributed by atoms with van der Waals surface area (Å²) in [4.78, 5) is 47.8. The smallest absolute Gasteiger partial charge is 0.262 e. The van der Waals surface area contributed by atoms with Crippen LogP contribution in [0.3, 0.4) is 0 Å². The molecule has 0 spiro atoms. The van der Waals surface area contributed by atoms with Gasteiger partial charge in [0, 0.05) is 41.7 Å². The van der Waals surface area contributed by atoms with Gasteiger partial charge in [0.25, 0.3) is 11.8 Å². The normalized spacial score (nSPS) is 20.2. The highest BCUT2D eigenvalue weighted by molar-refractivity contribution is 8.15. The number of carbonyl (C=O) groups excluding carboxylic acids is 3. The van der Waals surface area contributed by atoms with Crippen molar-refractivity contribution in [2.24, 2.45) is 4.99 Å². The number of amidine groups is 1. The van der Waals surface area contributed by atoms with Crippen molar-refractivity contribution >= 4 is 51.7 Å². The third-order valence-corrected chi connectivity index (χ3v) is 8.35. The largest absolute Gasteiger partial charge is 0.351 e. The molecule has 7 nitrogen and oxygen atoms in total. The third kappa shape index (κ3) is 5.52. The zero-order chi connectivity index (χ0) is 23.5. The van der Waals surface area contributed by atoms with E-state index in [0.717, 1.165) is 48.8 Å². The monoisotopic (exact) mass is 496 g/mol. The van der Waals surface area contributed by atoms with Crippen LogP contribution in [-0.2, 0) is 16.1 Å². The Morgan fingerprint density at radius 2 is 1.94 bits per heavy atom. The molecule has 1 saturated heterocycles. The lowest BCUT2D eigenvalue weighted by Crippen LogP contribution is -2.33. The van der Waals surface area contributed by atoms with Crippen LogP contribution in [0.5, 0.6) is 0 Å². The van der Waals surface area contributed by atoms with E-state index in [1.165, 1.54) is 18.2 Å². The minimum Gasteiger partial charge on any atom is -0.351 e. The number of hydrogen-bond donors (Lipinski definition) is 1. The van der Waals surface area contributed by atoms with Gasteiger partial charge in [0.1, 0.15) is 5.25 Å². The second kappa shape index (κ2) is 10.3. The number of carbonyl (C=O) groups is 3. The zero-order valence-corrected chi connectivity index (χ0v) is 20.6. The van der Waals surface area contributed by atoms with Gasteiger partial charge < -0.3 is 15.1 Å². The average molecular weight is 497 g/mol. The van der Waals surface area contributed by atoms with Crippen molar-refractivity contribution in [1.82, 2.24) is 9.80 Å². The number of thioether (sulfide) groups is 1. The maximum Gasteiger partial charge on any atom is 0.262 e. The molecule has 2 aromatic rings. The van der Waals surface area contributed by atoms with Gasteiger partial charge in [-0.2, -0.15) is 4.99 Å². The molecule has 1 aromatic heterocycles. The minimum atomic E-state index is -0.488. The topological polar surface area (TPSA) is 82.1 Å². The molecular weight excluding hydrogens is 468 g/mol. The predicted octanol–water partition coefficient (Wildman–Crippen LogP) is 4.37. The Kier molecular flexibility index (Phi) is 7.01. The van der Waals surface area contributed by atoms with Crippen LogP contribution in [0.4, 0.5) is 5.69 Å². The van der Waals surface area contributed by atoms with E-state index in [-0.39, 0.29) is 30.2 Å². The van der Waals surface area contributed by atoms with E-state index in [1.54, 1.807) is 35.6 Å². The molecule has 178 valence electrons. The first-order chi connectivity index (χ1) is 16.6. The summed E-state index contributed by atoms with van der Waals surface area (Å²) in [6.45, 7) is 2.45. The lowest BCUT2D eigenvalue weighted by molar-refractivity contribution is -0.121. The van der Waals surface area contributed by atoms with Crippen LogP contribution in [0, 0.1) is 0 Å². The fourth-order valence-corrected chi connectivity index (χ4v) is 6.15. The van der Waals surface area contributed by atoms with Gasteiger partial charge in [-0.3, -0.25) is 14.4 Å². The Balaban J connectivity index is 1.19. The molecule has 3 heterocycles. The Morgan fingerprint density at radius 3 is 2.68 bits per heavy atom. The molecule has 0 bridgehead atoms. The van der Waals surface area contributed by atoms with Crippen molar-refractivity contribution in [3.05, 3.63) is 52.2 Å². The molecule has 1 aliphatic carbocycles. The summed E-state index contributed by atoms with van der Waals surface area (Å²) in [5.41, 5.74) is 1.12. The van der Waals surface area contributed by atoms with E-state index >= 15 is 0 Å². The van der Waals surface area contributed by atoms with Crippen LogP contribution < -0.4 is 5.32 Å². The second-order valence-electron chi connectivity index (χ2n) is 8.96. The summed E-state index contributed by atoms with van der Waals surface area (Å²) in [6.07, 6.45) is 5.56. The number of thiophene rings is 1. The molecule has 5 rings (SSSR count). The molecule has 0 radical (unpaired) electrons. The average Bonchev–Trinajstić information content (AvgIpc) is 3.44. The molecule has 2 aliphatic heterocycles. The zero-order valence-electron chi connectivity index (χ0n) is 18.9. The number of nitrogens with one attached hydrogen (secondary N) is 1. The molecule has 34 heavy (non-hydrogen) atoms. The number of hydrogen-bond acceptors (Lipinski definition) is 6. The summed E-state index contributed by atoms with van der Waals surface area (Å²) < 4.78 is 0. The van der Waals surface area contributed by atoms with Crippen molar-refractivity contribution in [3.8, 4) is 0 Å². The Morgan fingerprint density at radius 1 is 1.12 bits per heavy atom. The highest BCUT2D eigenvalue weighted by Gasteiger charge is 2.34. The Hall–Kier alpha value is -2.65. The fraction of sp³-hybridized carbons (Fsp3) is 0.440. The fourth-order valence-electron chi connectivity index (χ4n) is 4.33. The van der Waals surface area contributed by atoms with Crippen molar-refractivity contribution < 1.29 is 14.4 Å². The van der Waals surface area contributed by atoms with E-state index < -0.39 is 5.25 Å². The number of rotatable bonds is 7. The molecule has 1 N–H and O–H groups in total. The van der Waals surface area contributed by atoms with Crippen molar-refractivity contribution in [3.63, 3.8) is 0 Å². The van der Waals surface area contributed by atoms with Gasteiger partial charge in [-0.15, -0.1) is 11.3 Å². The van der Waals surface area contributed by atoms with Gasteiger partial charge in [0.05, 0.1) is 6.54 Å². The summed E-state index contributed by atoms with van der Waals surface area (Å²) in [6, 6.07) is 11.4. The van der Waals surface area contributed by atoms with Crippen molar-refractivity contribution in [1.29, 1.82) is 0 Å². The number of nitrogens with zero attached hydrogens (tertiary/aromatic N) is 3. The van der Waals surface area contributed by atoms with E-state index in [2.05, 4.69) is 15.2 Å². The lowest BCUT2D eigenvalue weighted by atomic mass is 10.1. The summed E-state index contributed by atoms with van der Waals surface area (Å²) in [5.74, 6) is -0.505. The number of likely N-dealkylation sites (tertiary alicyclic amines) is 1. The quantitative estimate of drug-likeness (QED) is 0.616. The van der Waals surface area contributed by atoms with Gasteiger partial charge in [0.15, 0.2) is 5.17 Å². The maximum absolute atomic E-state index is 13.2. The standard InChI is InChI=1S/C25H28N4O3S2/c30-22(15-21-23(31)27-25(34-21)28-11-2-1-3-12-28)26-18-7-4-6-17(14-18)24(32)29(19-9-10-19)16-20-8-5-13-33-20/h4-8,13-14,19,21H,1-3,9-12,15-16H2,(H,26,30)/t21-/m1/s1. The Labute approximate surface area is 207 Å². The van der Waals surface area contributed by atoms with Crippen LogP contribution >= 0.6 is 23.1 Å². The molecule has 1 aromatic carbocycles. The van der Waals surface area contributed by atoms with Crippen LogP contribution in [0.15, 0.2) is 46.8 Å². The Bertz CT molecular complexity index is 1090. The number of anilines is 1. The first-order valence-corrected chi connectivity index (χ1v) is 13.6. The van der Waals surface area contributed by atoms with Crippen LogP contribution in [-0.4, -0.2) is 57.1 Å². The predicted molar refractivity (Wildman–Crippen MR) is 136 cm³/mol. The summed E-state index contributed by atoms with van der Waals surface area (Å²) >= 11 is 3.05. The number of aliphatic imine (C=N–C) groups is 1. The van der Waals surface area contributed by atoms with Crippen LogP contribution in [0.25, 0.3) is 0 Å². The van der Waals surface area contributed by atoms with Gasteiger partial charge in [-0.25, -0.2) is 0 Å². The van der Waals surface area contributed by atoms with E-state index in [1.807, 2.05) is 22.4 Å². The van der Waals surface area contributed by atoms with E-state index in [4.69, 9.17) is 0 Å². The highest BCUT2D eigenvalue weighted by atomic mass is 32.2. The third-order valence-electron chi connectivity index (χ3n) is 6.27. The molecule has 3 aliphatic rings. The molecule has 0 unspecified atom stereocenters. The van der Waals surface area contributed by atoms with Crippen molar-refractivity contribution in [2.45, 2.75) is 56.4 Å². The molecule has 1 atom stereocenters. The van der Waals surface area contributed by atoms with E-state index in [9.17, 15) is 14.4 Å². The van der Waals surface area contributed by atoms with Gasteiger partial charge in [-0.05, 0) is 61.7 Å². The number of amides is 3. The van der Waals surface area contributed by atoms with Crippen molar-refractivity contribution in [2.75, 3.05) is 18.4 Å². The molecule has 9 heteroatoms. The van der Waals surface area contributed by atoms with E-state index in [0.29, 0.717) is 17.8 Å². The summed E-state index contributed by atoms with van der Waals surface area (Å²) in [5, 5.41) is 5.16. The lowest BCUT2D eigenvalue weighted by Gasteiger charge is -2.27. The van der Waals surface area contributed by atoms with Gasteiger partial charge in [0.2, 0.25) is 5.91 Å². The number of piperidine rings is 1. The molecule has 3 amide bonds. The van der Waals surface area contributed by atoms with Crippen LogP contribution in [0.1, 0.15) is 53.8 Å². The molecule has 1 saturated carbocycles. The highest BCUT2D eigenvalue weighted by Crippen LogP contribution is 2.32. The summed E-state index contributed by atoms with van der Waals surface area (Å²) in [7, 11) is 0. The maximum atomic E-state index is 13.2. The minimum absolute atomic E-state index is 0.0203. The first-order valence-electron chi connectivity index (χ1n) is 11.8. The van der Waals surface area contributed by atoms with Gasteiger partial charge in [-0.1, -0.05) is 23.9 Å².